The van der Waals surface area contributed by atoms with Crippen molar-refractivity contribution in [3.05, 3.63) is 35.5 Å². The molecule has 2 aromatic rings. The van der Waals surface area contributed by atoms with E-state index in [4.69, 9.17) is 25.8 Å². The number of esters is 1. The van der Waals surface area contributed by atoms with Gasteiger partial charge in [-0.05, 0) is 71.0 Å². The van der Waals surface area contributed by atoms with Crippen LogP contribution in [0.2, 0.25) is 5.02 Å². The van der Waals surface area contributed by atoms with Crippen molar-refractivity contribution in [1.82, 2.24) is 20.5 Å². The second-order valence-corrected chi connectivity index (χ2v) is 8.65. The molecule has 1 aromatic heterocycles. The van der Waals surface area contributed by atoms with E-state index in [1.165, 1.54) is 0 Å². The Morgan fingerprint density at radius 2 is 1.78 bits per heavy atom. The number of carbonyl (C=O) groups excluding carboxylic acids is 2. The number of halogens is 1. The van der Waals surface area contributed by atoms with Gasteiger partial charge in [-0.3, -0.25) is 24.8 Å². The molecule has 0 spiro atoms. The molecule has 0 aliphatic carbocycles. The zero-order chi connectivity index (χ0) is 26.9. The van der Waals surface area contributed by atoms with Gasteiger partial charge >= 0.3 is 5.97 Å². The average Bonchev–Trinajstić information content (AvgIpc) is 2.86. The average molecular weight is 538 g/mol. The Morgan fingerprint density at radius 3 is 2.51 bits per heavy atom. The Balaban J connectivity index is 1.76. The zero-order valence-electron chi connectivity index (χ0n) is 22.1. The number of fused-ring (bicyclic) bond motifs is 1. The van der Waals surface area contributed by atoms with Crippen LogP contribution in [-0.2, 0) is 23.8 Å². The highest BCUT2D eigenvalue weighted by Crippen LogP contribution is 2.24. The number of carbonyl (C=O) groups is 2. The summed E-state index contributed by atoms with van der Waals surface area (Å²) >= 11 is 6.05. The van der Waals surface area contributed by atoms with Crippen molar-refractivity contribution in [1.29, 1.82) is 0 Å². The van der Waals surface area contributed by atoms with Crippen LogP contribution in [0, 0.1) is 0 Å². The van der Waals surface area contributed by atoms with Crippen LogP contribution in [0.1, 0.15) is 33.6 Å². The van der Waals surface area contributed by atoms with Crippen LogP contribution in [0.4, 0.5) is 5.69 Å². The van der Waals surface area contributed by atoms with Gasteiger partial charge in [0.25, 0.3) is 0 Å². The summed E-state index contributed by atoms with van der Waals surface area (Å²) in [6.45, 7) is 9.47. The van der Waals surface area contributed by atoms with Gasteiger partial charge in [-0.1, -0.05) is 11.6 Å². The van der Waals surface area contributed by atoms with Gasteiger partial charge in [-0.2, -0.15) is 0 Å². The van der Waals surface area contributed by atoms with Crippen LogP contribution in [0.5, 0.6) is 0 Å². The van der Waals surface area contributed by atoms with Crippen molar-refractivity contribution in [3.8, 4) is 0 Å². The van der Waals surface area contributed by atoms with Crippen molar-refractivity contribution in [2.45, 2.75) is 40.0 Å². The highest BCUT2D eigenvalue weighted by molar-refractivity contribution is 6.31. The summed E-state index contributed by atoms with van der Waals surface area (Å²) in [6, 6.07) is 7.44. The lowest BCUT2D eigenvalue weighted by Gasteiger charge is -2.21. The number of ether oxygens (including phenoxy) is 3. The Labute approximate surface area is 224 Å². The molecule has 0 aliphatic heterocycles. The third kappa shape index (κ3) is 12.1. The molecule has 11 heteroatoms. The quantitative estimate of drug-likeness (QED) is 0.141. The fraction of sp³-hybridized carbons (Fsp3) is 0.577. The lowest BCUT2D eigenvalue weighted by atomic mass is 10.2. The summed E-state index contributed by atoms with van der Waals surface area (Å²) in [7, 11) is 0. The smallest absolute Gasteiger partial charge is 0.320 e. The molecule has 0 atom stereocenters. The first-order valence-corrected chi connectivity index (χ1v) is 13.2. The zero-order valence-corrected chi connectivity index (χ0v) is 22.8. The predicted molar refractivity (Wildman–Crippen MR) is 146 cm³/mol. The van der Waals surface area contributed by atoms with Crippen molar-refractivity contribution in [3.63, 3.8) is 0 Å². The number of rotatable bonds is 19. The normalized spacial score (nSPS) is 11.3. The molecular weight excluding hydrogens is 498 g/mol. The van der Waals surface area contributed by atoms with E-state index in [-0.39, 0.29) is 25.0 Å². The highest BCUT2D eigenvalue weighted by atomic mass is 35.5. The molecule has 0 bridgehead atoms. The van der Waals surface area contributed by atoms with Gasteiger partial charge in [0.05, 0.1) is 25.2 Å². The van der Waals surface area contributed by atoms with E-state index >= 15 is 0 Å². The molecule has 0 fully saturated rings. The highest BCUT2D eigenvalue weighted by Gasteiger charge is 2.15. The van der Waals surface area contributed by atoms with Crippen molar-refractivity contribution in [2.75, 3.05) is 64.4 Å². The predicted octanol–water partition coefficient (Wildman–Crippen LogP) is 3.01. The molecule has 2 rings (SSSR count). The Bertz CT molecular complexity index is 958. The third-order valence-electron chi connectivity index (χ3n) is 5.34. The SMILES string of the molecule is CCOC(=O)CN(CCCCNC(OCC)OCC)CC(=O)NCCNc1ccnc2cc(Cl)ccc12. The number of amides is 1. The van der Waals surface area contributed by atoms with E-state index in [0.29, 0.717) is 51.0 Å². The summed E-state index contributed by atoms with van der Waals surface area (Å²) in [6.07, 6.45) is 2.93. The number of aromatic nitrogens is 1. The minimum atomic E-state index is -0.423. The molecule has 1 aromatic carbocycles. The number of hydrogen-bond donors (Lipinski definition) is 3. The summed E-state index contributed by atoms with van der Waals surface area (Å²) < 4.78 is 16.0. The maximum atomic E-state index is 12.6. The Hall–Kier alpha value is -2.50. The number of anilines is 1. The summed E-state index contributed by atoms with van der Waals surface area (Å²) in [5.41, 5.74) is 1.72. The van der Waals surface area contributed by atoms with E-state index in [1.807, 2.05) is 43.0 Å². The molecule has 37 heavy (non-hydrogen) atoms. The van der Waals surface area contributed by atoms with Crippen LogP contribution >= 0.6 is 11.6 Å². The van der Waals surface area contributed by atoms with Crippen LogP contribution in [0.3, 0.4) is 0 Å². The second kappa shape index (κ2) is 17.9. The third-order valence-corrected chi connectivity index (χ3v) is 5.58. The molecule has 3 N–H and O–H groups in total. The van der Waals surface area contributed by atoms with Crippen LogP contribution in [-0.4, -0.2) is 87.3 Å². The molecule has 10 nitrogen and oxygen atoms in total. The van der Waals surface area contributed by atoms with Gasteiger partial charge in [0.1, 0.15) is 0 Å². The summed E-state index contributed by atoms with van der Waals surface area (Å²) in [5.74, 6) is -0.490. The maximum absolute atomic E-state index is 12.6. The van der Waals surface area contributed by atoms with Crippen LogP contribution < -0.4 is 16.0 Å². The number of nitrogens with zero attached hydrogens (tertiary/aromatic N) is 2. The van der Waals surface area contributed by atoms with E-state index in [0.717, 1.165) is 29.4 Å². The largest absolute Gasteiger partial charge is 0.465 e. The van der Waals surface area contributed by atoms with Gasteiger partial charge < -0.3 is 24.8 Å². The fourth-order valence-electron chi connectivity index (χ4n) is 3.69. The second-order valence-electron chi connectivity index (χ2n) is 8.22. The molecule has 0 unspecified atom stereocenters. The first-order chi connectivity index (χ1) is 18.0. The molecule has 0 radical (unpaired) electrons. The lowest BCUT2D eigenvalue weighted by molar-refractivity contribution is -0.154. The van der Waals surface area contributed by atoms with E-state index < -0.39 is 6.41 Å². The number of pyridine rings is 1. The molecule has 1 heterocycles. The Morgan fingerprint density at radius 1 is 1.00 bits per heavy atom. The van der Waals surface area contributed by atoms with E-state index in [2.05, 4.69) is 20.9 Å². The first-order valence-electron chi connectivity index (χ1n) is 12.9. The topological polar surface area (TPSA) is 114 Å². The monoisotopic (exact) mass is 537 g/mol. The van der Waals surface area contributed by atoms with Crippen LogP contribution in [0.25, 0.3) is 10.9 Å². The molecule has 0 saturated heterocycles. The van der Waals surface area contributed by atoms with E-state index in [9.17, 15) is 9.59 Å². The van der Waals surface area contributed by atoms with Crippen molar-refractivity contribution < 1.29 is 23.8 Å². The van der Waals surface area contributed by atoms with Gasteiger partial charge in [0.15, 0.2) is 0 Å². The molecule has 206 valence electrons. The minimum absolute atomic E-state index is 0.0685. The summed E-state index contributed by atoms with van der Waals surface area (Å²) in [4.78, 5) is 30.8. The number of benzene rings is 1. The lowest BCUT2D eigenvalue weighted by Crippen LogP contribution is -2.42. The molecular formula is C26H40ClN5O5. The molecule has 0 saturated carbocycles. The van der Waals surface area contributed by atoms with E-state index in [1.54, 1.807) is 13.1 Å². The maximum Gasteiger partial charge on any atom is 0.320 e. The molecule has 1 amide bonds. The Kier molecular flexibility index (Phi) is 14.8. The van der Waals surface area contributed by atoms with Gasteiger partial charge in [0.2, 0.25) is 12.3 Å². The van der Waals surface area contributed by atoms with Crippen molar-refractivity contribution >= 4 is 40.1 Å². The van der Waals surface area contributed by atoms with Crippen molar-refractivity contribution in [2.24, 2.45) is 0 Å². The van der Waals surface area contributed by atoms with Crippen LogP contribution in [0.15, 0.2) is 30.5 Å². The van der Waals surface area contributed by atoms with Gasteiger partial charge in [0, 0.05) is 48.6 Å². The number of nitrogens with one attached hydrogen (secondary N) is 3. The first kappa shape index (κ1) is 30.7. The number of unbranched alkanes of at least 4 members (excludes halogenated alkanes) is 1. The van der Waals surface area contributed by atoms with Gasteiger partial charge in [-0.25, -0.2) is 0 Å². The minimum Gasteiger partial charge on any atom is -0.465 e. The standard InChI is InChI=1S/C26H40ClN5O5/c1-4-35-25(34)19-32(16-8-7-12-31-26(36-5-2)37-6-3)18-24(33)30-15-14-29-22-11-13-28-23-17-20(27)9-10-21(22)23/h9-11,13,17,26,31H,4-8,12,14-16,18-19H2,1-3H3,(H,28,29)(H,30,33). The fourth-order valence-corrected chi connectivity index (χ4v) is 3.85. The van der Waals surface area contributed by atoms with Gasteiger partial charge in [-0.15, -0.1) is 0 Å². The molecule has 0 aliphatic rings. The number of hydrogen-bond acceptors (Lipinski definition) is 9. The summed E-state index contributed by atoms with van der Waals surface area (Å²) in [5, 5.41) is 11.0.